The van der Waals surface area contributed by atoms with Crippen LogP contribution < -0.4 is 0 Å². The molecule has 4 saturated carbocycles. The van der Waals surface area contributed by atoms with E-state index in [9.17, 15) is 9.59 Å². The third-order valence-electron chi connectivity index (χ3n) is 9.20. The quantitative estimate of drug-likeness (QED) is 0.317. The monoisotopic (exact) mass is 416 g/mol. The summed E-state index contributed by atoms with van der Waals surface area (Å²) in [5.41, 5.74) is -1.10. The standard InChI is InChI=1S/C26H40O4/c1-7-21(27)29-25(9-3,10-4)23-14-19-13-20(15-23)17-24(16-19,18-23)26(11-5,12-6)30-22(28)8-2/h7-8,19-20H,1-2,9-18H2,3-6H3. The number of esters is 2. The molecule has 30 heavy (non-hydrogen) atoms. The zero-order valence-electron chi connectivity index (χ0n) is 19.4. The molecule has 0 aromatic carbocycles. The normalized spacial score (nSPS) is 32.5. The Balaban J connectivity index is 2.10. The zero-order valence-corrected chi connectivity index (χ0v) is 19.4. The molecule has 0 spiro atoms. The van der Waals surface area contributed by atoms with Crippen molar-refractivity contribution in [2.45, 2.75) is 103 Å². The Hall–Kier alpha value is -1.58. The molecule has 0 atom stereocenters. The van der Waals surface area contributed by atoms with Crippen molar-refractivity contribution in [2.24, 2.45) is 22.7 Å². The maximum absolute atomic E-state index is 12.4. The minimum atomic E-state index is -0.489. The molecule has 4 aliphatic rings. The highest BCUT2D eigenvalue weighted by Crippen LogP contribution is 2.73. The summed E-state index contributed by atoms with van der Waals surface area (Å²) in [7, 11) is 0. The largest absolute Gasteiger partial charge is 0.455 e. The van der Waals surface area contributed by atoms with Gasteiger partial charge in [0.1, 0.15) is 11.2 Å². The smallest absolute Gasteiger partial charge is 0.330 e. The number of hydrogen-bond donors (Lipinski definition) is 0. The first kappa shape index (κ1) is 23.1. The summed E-state index contributed by atoms with van der Waals surface area (Å²) < 4.78 is 12.4. The Bertz CT molecular complexity index is 628. The average molecular weight is 417 g/mol. The lowest BCUT2D eigenvalue weighted by Crippen LogP contribution is -2.67. The predicted octanol–water partition coefficient (Wildman–Crippen LogP) is 6.15. The Kier molecular flexibility index (Phi) is 6.28. The van der Waals surface area contributed by atoms with E-state index < -0.39 is 11.2 Å². The Morgan fingerprint density at radius 2 is 1.13 bits per heavy atom. The molecule has 4 nitrogen and oxygen atoms in total. The van der Waals surface area contributed by atoms with Crippen LogP contribution in [0.4, 0.5) is 0 Å². The van der Waals surface area contributed by atoms with Gasteiger partial charge in [-0.15, -0.1) is 0 Å². The van der Waals surface area contributed by atoms with Crippen LogP contribution in [0.25, 0.3) is 0 Å². The Morgan fingerprint density at radius 1 is 0.800 bits per heavy atom. The van der Waals surface area contributed by atoms with Gasteiger partial charge in [-0.2, -0.15) is 0 Å². The molecule has 0 aliphatic heterocycles. The van der Waals surface area contributed by atoms with Crippen molar-refractivity contribution in [3.63, 3.8) is 0 Å². The first-order valence-corrected chi connectivity index (χ1v) is 11.9. The molecule has 4 aliphatic carbocycles. The minimum Gasteiger partial charge on any atom is -0.455 e. The van der Waals surface area contributed by atoms with Gasteiger partial charge in [-0.05, 0) is 76.0 Å². The molecule has 0 saturated heterocycles. The molecule has 0 heterocycles. The number of ether oxygens (including phenoxy) is 2. The van der Waals surface area contributed by atoms with Gasteiger partial charge in [-0.3, -0.25) is 0 Å². The average Bonchev–Trinajstić information content (AvgIpc) is 2.74. The van der Waals surface area contributed by atoms with Crippen LogP contribution in [-0.2, 0) is 19.1 Å². The van der Waals surface area contributed by atoms with E-state index >= 15 is 0 Å². The minimum absolute atomic E-state index is 0.0601. The van der Waals surface area contributed by atoms with Crippen molar-refractivity contribution in [3.05, 3.63) is 25.3 Å². The second-order valence-corrected chi connectivity index (χ2v) is 10.2. The highest BCUT2D eigenvalue weighted by molar-refractivity contribution is 5.82. The van der Waals surface area contributed by atoms with Crippen molar-refractivity contribution in [1.29, 1.82) is 0 Å². The van der Waals surface area contributed by atoms with Crippen LogP contribution in [0.1, 0.15) is 91.9 Å². The maximum Gasteiger partial charge on any atom is 0.330 e. The van der Waals surface area contributed by atoms with Crippen LogP contribution in [0, 0.1) is 22.7 Å². The van der Waals surface area contributed by atoms with Crippen molar-refractivity contribution < 1.29 is 19.1 Å². The first-order chi connectivity index (χ1) is 14.2. The van der Waals surface area contributed by atoms with Crippen molar-refractivity contribution in [2.75, 3.05) is 0 Å². The van der Waals surface area contributed by atoms with Gasteiger partial charge in [0.25, 0.3) is 0 Å². The molecule has 0 amide bonds. The van der Waals surface area contributed by atoms with Gasteiger partial charge < -0.3 is 9.47 Å². The molecule has 0 aromatic rings. The Morgan fingerprint density at radius 3 is 1.40 bits per heavy atom. The van der Waals surface area contributed by atoms with E-state index in [4.69, 9.17) is 9.47 Å². The highest BCUT2D eigenvalue weighted by atomic mass is 16.6. The van der Waals surface area contributed by atoms with Crippen LogP contribution >= 0.6 is 0 Å². The van der Waals surface area contributed by atoms with Crippen LogP contribution in [0.3, 0.4) is 0 Å². The molecular weight excluding hydrogens is 376 g/mol. The van der Waals surface area contributed by atoms with Gasteiger partial charge in [0.15, 0.2) is 0 Å². The molecule has 4 fully saturated rings. The second kappa shape index (κ2) is 8.16. The molecule has 0 unspecified atom stereocenters. The van der Waals surface area contributed by atoms with E-state index in [1.165, 1.54) is 18.6 Å². The van der Waals surface area contributed by atoms with Gasteiger partial charge in [-0.1, -0.05) is 40.9 Å². The predicted molar refractivity (Wildman–Crippen MR) is 119 cm³/mol. The van der Waals surface area contributed by atoms with Gasteiger partial charge >= 0.3 is 11.9 Å². The summed E-state index contributed by atoms with van der Waals surface area (Å²) in [5, 5.41) is 0. The van der Waals surface area contributed by atoms with E-state index in [1.54, 1.807) is 0 Å². The summed E-state index contributed by atoms with van der Waals surface area (Å²) in [5.74, 6) is 0.565. The fourth-order valence-corrected chi connectivity index (χ4v) is 8.30. The summed E-state index contributed by atoms with van der Waals surface area (Å²) in [6.07, 6.45) is 12.4. The van der Waals surface area contributed by atoms with Gasteiger partial charge in [-0.25, -0.2) is 9.59 Å². The topological polar surface area (TPSA) is 52.6 Å². The van der Waals surface area contributed by atoms with E-state index in [0.29, 0.717) is 11.8 Å². The molecular formula is C26H40O4. The number of carbonyl (C=O) groups is 2. The first-order valence-electron chi connectivity index (χ1n) is 11.9. The number of rotatable bonds is 10. The molecule has 0 aromatic heterocycles. The van der Waals surface area contributed by atoms with E-state index in [2.05, 4.69) is 40.9 Å². The number of hydrogen-bond acceptors (Lipinski definition) is 4. The van der Waals surface area contributed by atoms with Crippen LogP contribution in [-0.4, -0.2) is 23.1 Å². The third-order valence-corrected chi connectivity index (χ3v) is 9.20. The van der Waals surface area contributed by atoms with Crippen molar-refractivity contribution >= 4 is 11.9 Å². The molecule has 168 valence electrons. The summed E-state index contributed by atoms with van der Waals surface area (Å²) in [6, 6.07) is 0. The summed E-state index contributed by atoms with van der Waals surface area (Å²) in [6.45, 7) is 15.9. The zero-order chi connectivity index (χ0) is 22.2. The van der Waals surface area contributed by atoms with Crippen LogP contribution in [0.15, 0.2) is 25.3 Å². The third kappa shape index (κ3) is 3.26. The molecule has 0 N–H and O–H groups in total. The Labute approximate surface area is 182 Å². The summed E-state index contributed by atoms with van der Waals surface area (Å²) >= 11 is 0. The lowest BCUT2D eigenvalue weighted by Gasteiger charge is -2.70. The lowest BCUT2D eigenvalue weighted by molar-refractivity contribution is -0.264. The molecule has 4 rings (SSSR count). The SMILES string of the molecule is C=CC(=O)OC(CC)(CC)C12CC3CC(C1)CC(C(CC)(CC)OC(=O)C=C)(C3)C2. The molecule has 4 heteroatoms. The van der Waals surface area contributed by atoms with Crippen molar-refractivity contribution in [1.82, 2.24) is 0 Å². The number of carbonyl (C=O) groups excluding carboxylic acids is 2. The highest BCUT2D eigenvalue weighted by Gasteiger charge is 2.69. The fraction of sp³-hybridized carbons (Fsp3) is 0.769. The van der Waals surface area contributed by atoms with Crippen LogP contribution in [0.2, 0.25) is 0 Å². The van der Waals surface area contributed by atoms with Gasteiger partial charge in [0.2, 0.25) is 0 Å². The van der Waals surface area contributed by atoms with Gasteiger partial charge in [0, 0.05) is 23.0 Å². The van der Waals surface area contributed by atoms with Gasteiger partial charge in [0.05, 0.1) is 0 Å². The van der Waals surface area contributed by atoms with Crippen LogP contribution in [0.5, 0.6) is 0 Å². The van der Waals surface area contributed by atoms with Crippen molar-refractivity contribution in [3.8, 4) is 0 Å². The van der Waals surface area contributed by atoms with E-state index in [0.717, 1.165) is 57.8 Å². The van der Waals surface area contributed by atoms with E-state index in [-0.39, 0.29) is 22.8 Å². The molecule has 0 radical (unpaired) electrons. The lowest BCUT2D eigenvalue weighted by atomic mass is 9.37. The van der Waals surface area contributed by atoms with E-state index in [1.807, 2.05) is 0 Å². The second-order valence-electron chi connectivity index (χ2n) is 10.2. The molecule has 4 bridgehead atoms. The maximum atomic E-state index is 12.4. The summed E-state index contributed by atoms with van der Waals surface area (Å²) in [4.78, 5) is 24.8. The fourth-order valence-electron chi connectivity index (χ4n) is 8.30.